The van der Waals surface area contributed by atoms with Crippen LogP contribution in [0.2, 0.25) is 0 Å². The number of nitrogens with zero attached hydrogens (tertiary/aromatic N) is 6. The highest BCUT2D eigenvalue weighted by Gasteiger charge is 2.48. The van der Waals surface area contributed by atoms with Crippen molar-refractivity contribution in [3.63, 3.8) is 0 Å². The summed E-state index contributed by atoms with van der Waals surface area (Å²) in [6, 6.07) is 48.7. The number of imidazole rings is 2. The molecule has 0 saturated carbocycles. The molecule has 0 radical (unpaired) electrons. The molecule has 6 nitrogen and oxygen atoms in total. The summed E-state index contributed by atoms with van der Waals surface area (Å²) in [5.41, 5.74) is 9.72. The maximum Gasteiger partial charge on any atom is 0.302 e. The molecule has 202 valence electrons. The highest BCUT2D eigenvalue weighted by molar-refractivity contribution is 6.99. The number of fused-ring (bicyclic) bond motifs is 4. The minimum Gasteiger partial charge on any atom is -0.296 e. The summed E-state index contributed by atoms with van der Waals surface area (Å²) in [6.45, 7) is -0.147. The van der Waals surface area contributed by atoms with Gasteiger partial charge in [0.05, 0.1) is 11.2 Å². The minimum absolute atomic E-state index is 0.147. The Balaban J connectivity index is 1.38. The van der Waals surface area contributed by atoms with Gasteiger partial charge in [-0.05, 0) is 66.1 Å². The van der Waals surface area contributed by atoms with E-state index in [1.54, 1.807) is 0 Å². The molecule has 7 heteroatoms. The summed E-state index contributed by atoms with van der Waals surface area (Å²) in [5.74, 6) is 2.06. The molecule has 0 aliphatic carbocycles. The fourth-order valence-electron chi connectivity index (χ4n) is 6.65. The average Bonchev–Trinajstić information content (AvgIpc) is 3.72. The lowest BCUT2D eigenvalue weighted by molar-refractivity contribution is 1.02. The van der Waals surface area contributed by atoms with Gasteiger partial charge in [-0.3, -0.25) is 18.9 Å². The molecule has 2 aliphatic rings. The zero-order valence-electron chi connectivity index (χ0n) is 23.2. The first-order valence-electron chi connectivity index (χ1n) is 14.5. The number of anilines is 6. The van der Waals surface area contributed by atoms with Crippen molar-refractivity contribution in [2.45, 2.75) is 0 Å². The van der Waals surface area contributed by atoms with Crippen LogP contribution in [0.15, 0.2) is 152 Å². The Hall–Kier alpha value is -5.82. The summed E-state index contributed by atoms with van der Waals surface area (Å²) < 4.78 is 4.41. The predicted octanol–water partition coefficient (Wildman–Crippen LogP) is 6.14. The number of benzene rings is 5. The second-order valence-electron chi connectivity index (χ2n) is 10.8. The van der Waals surface area contributed by atoms with Crippen LogP contribution in [-0.4, -0.2) is 25.8 Å². The zero-order valence-corrected chi connectivity index (χ0v) is 23.2. The molecule has 7 aromatic rings. The van der Waals surface area contributed by atoms with Crippen molar-refractivity contribution in [3.8, 4) is 11.4 Å². The van der Waals surface area contributed by atoms with Crippen LogP contribution in [0.3, 0.4) is 0 Å². The van der Waals surface area contributed by atoms with Crippen LogP contribution in [0, 0.1) is 0 Å². The van der Waals surface area contributed by atoms with Crippen LogP contribution in [0.25, 0.3) is 11.4 Å². The van der Waals surface area contributed by atoms with Gasteiger partial charge in [0.15, 0.2) is 0 Å². The third-order valence-corrected chi connectivity index (χ3v) is 8.44. The number of aromatic nitrogens is 4. The van der Waals surface area contributed by atoms with Gasteiger partial charge in [0, 0.05) is 34.1 Å². The quantitative estimate of drug-likeness (QED) is 0.246. The Labute approximate surface area is 249 Å². The van der Waals surface area contributed by atoms with E-state index < -0.39 is 0 Å². The smallest absolute Gasteiger partial charge is 0.296 e. The van der Waals surface area contributed by atoms with E-state index in [4.69, 9.17) is 9.97 Å². The van der Waals surface area contributed by atoms with E-state index in [9.17, 15) is 0 Å². The van der Waals surface area contributed by atoms with E-state index in [-0.39, 0.29) is 6.71 Å². The van der Waals surface area contributed by atoms with Crippen LogP contribution in [0.5, 0.6) is 0 Å². The van der Waals surface area contributed by atoms with Gasteiger partial charge in [0.2, 0.25) is 0 Å². The van der Waals surface area contributed by atoms with Gasteiger partial charge < -0.3 is 0 Å². The first-order chi connectivity index (χ1) is 21.4. The van der Waals surface area contributed by atoms with Gasteiger partial charge in [0.1, 0.15) is 24.3 Å². The molecule has 0 saturated heterocycles. The molecule has 2 aromatic heterocycles. The van der Waals surface area contributed by atoms with Gasteiger partial charge in [-0.15, -0.1) is 0 Å². The van der Waals surface area contributed by atoms with E-state index >= 15 is 0 Å². The summed E-state index contributed by atoms with van der Waals surface area (Å²) in [5, 5.41) is 0. The summed E-state index contributed by atoms with van der Waals surface area (Å²) in [6.07, 6.45) is 3.91. The van der Waals surface area contributed by atoms with Gasteiger partial charge >= 0.3 is 6.71 Å². The average molecular weight is 552 g/mol. The Morgan fingerprint density at radius 2 is 0.767 bits per heavy atom. The van der Waals surface area contributed by atoms with Gasteiger partial charge in [-0.25, -0.2) is 9.97 Å². The van der Waals surface area contributed by atoms with Crippen molar-refractivity contribution in [1.82, 2.24) is 19.1 Å². The largest absolute Gasteiger partial charge is 0.302 e. The molecule has 0 bridgehead atoms. The fraction of sp³-hybridized carbons (Fsp3) is 0. The summed E-state index contributed by atoms with van der Waals surface area (Å²) in [4.78, 5) is 15.0. The van der Waals surface area contributed by atoms with E-state index in [2.05, 4.69) is 146 Å². The number of hydrogen-bond acceptors (Lipinski definition) is 4. The Morgan fingerprint density at radius 1 is 0.395 bits per heavy atom. The SMILES string of the molecule is c1ccc(N2c3cccc4c3B(c3ncn(-c5ccccc5)c32)c2ncn(-c3ccccc3)c2N4c2ccccc2)cc1. The molecule has 43 heavy (non-hydrogen) atoms. The van der Waals surface area contributed by atoms with E-state index in [1.165, 1.54) is 5.46 Å². The number of para-hydroxylation sites is 4. The van der Waals surface area contributed by atoms with Crippen molar-refractivity contribution in [2.75, 3.05) is 9.80 Å². The Bertz CT molecular complexity index is 1940. The van der Waals surface area contributed by atoms with Crippen molar-refractivity contribution >= 4 is 57.7 Å². The van der Waals surface area contributed by atoms with Crippen LogP contribution < -0.4 is 26.4 Å². The Kier molecular flexibility index (Phi) is 5.19. The van der Waals surface area contributed by atoms with E-state index in [0.29, 0.717) is 0 Å². The lowest BCUT2D eigenvalue weighted by Gasteiger charge is -2.41. The zero-order chi connectivity index (χ0) is 28.3. The lowest BCUT2D eigenvalue weighted by atomic mass is 9.37. The van der Waals surface area contributed by atoms with Crippen LogP contribution in [-0.2, 0) is 0 Å². The molecule has 4 heterocycles. The van der Waals surface area contributed by atoms with Crippen LogP contribution in [0.1, 0.15) is 0 Å². The topological polar surface area (TPSA) is 42.1 Å². The van der Waals surface area contributed by atoms with Gasteiger partial charge in [-0.2, -0.15) is 0 Å². The standard InChI is InChI=1S/C36H25BN6/c1-5-14-26(15-6-1)40-24-38-33-35(40)42(28-18-9-3-10-19-28)30-22-13-23-31-32(30)37(33)34-36(43(31)29-20-11-4-12-21-29)41(25-39-34)27-16-7-2-8-17-27/h1-25H. The number of rotatable bonds is 4. The van der Waals surface area contributed by atoms with E-state index in [0.717, 1.165) is 56.9 Å². The van der Waals surface area contributed by atoms with Crippen LogP contribution in [0.4, 0.5) is 34.4 Å². The summed E-state index contributed by atoms with van der Waals surface area (Å²) >= 11 is 0. The molecule has 0 amide bonds. The fourth-order valence-corrected chi connectivity index (χ4v) is 6.65. The van der Waals surface area contributed by atoms with Gasteiger partial charge in [-0.1, -0.05) is 78.9 Å². The maximum absolute atomic E-state index is 5.17. The monoisotopic (exact) mass is 552 g/mol. The molecule has 0 spiro atoms. The Morgan fingerprint density at radius 3 is 1.16 bits per heavy atom. The first-order valence-corrected chi connectivity index (χ1v) is 14.5. The highest BCUT2D eigenvalue weighted by atomic mass is 15.3. The van der Waals surface area contributed by atoms with E-state index in [1.807, 2.05) is 24.8 Å². The summed E-state index contributed by atoms with van der Waals surface area (Å²) in [7, 11) is 0. The highest BCUT2D eigenvalue weighted by Crippen LogP contribution is 2.44. The van der Waals surface area contributed by atoms with Crippen molar-refractivity contribution in [1.29, 1.82) is 0 Å². The van der Waals surface area contributed by atoms with Crippen molar-refractivity contribution in [3.05, 3.63) is 152 Å². The first kappa shape index (κ1) is 23.8. The molecule has 0 unspecified atom stereocenters. The minimum atomic E-state index is -0.147. The van der Waals surface area contributed by atoms with Crippen molar-refractivity contribution < 1.29 is 0 Å². The molecular weight excluding hydrogens is 527 g/mol. The van der Waals surface area contributed by atoms with Crippen molar-refractivity contribution in [2.24, 2.45) is 0 Å². The molecule has 0 fully saturated rings. The molecule has 0 N–H and O–H groups in total. The third-order valence-electron chi connectivity index (χ3n) is 8.44. The normalized spacial score (nSPS) is 13.0. The second-order valence-corrected chi connectivity index (χ2v) is 10.8. The molecule has 5 aromatic carbocycles. The molecule has 0 atom stereocenters. The third kappa shape index (κ3) is 3.48. The number of hydrogen-bond donors (Lipinski definition) is 0. The maximum atomic E-state index is 5.17. The lowest BCUT2D eigenvalue weighted by Crippen LogP contribution is -2.62. The van der Waals surface area contributed by atoms with Crippen LogP contribution >= 0.6 is 0 Å². The predicted molar refractivity (Wildman–Crippen MR) is 175 cm³/mol. The molecular formula is C36H25BN6. The molecule has 2 aliphatic heterocycles. The molecule has 9 rings (SSSR count). The van der Waals surface area contributed by atoms with Gasteiger partial charge in [0.25, 0.3) is 0 Å². The second kappa shape index (κ2) is 9.36.